The first-order valence-corrected chi connectivity index (χ1v) is 26.3. The van der Waals surface area contributed by atoms with Crippen molar-refractivity contribution in [3.63, 3.8) is 0 Å². The van der Waals surface area contributed by atoms with Crippen molar-refractivity contribution in [3.05, 3.63) is 141 Å². The summed E-state index contributed by atoms with van der Waals surface area (Å²) in [6.45, 7) is 8.69. The molecule has 3 heterocycles. The number of rotatable bonds is 24. The number of carboxylic acid groups (broad SMARTS) is 1. The van der Waals surface area contributed by atoms with Crippen molar-refractivity contribution >= 4 is 57.1 Å². The molecule has 0 spiro atoms. The molecule has 0 N–H and O–H groups in total. The van der Waals surface area contributed by atoms with Gasteiger partial charge in [-0.05, 0) is 98.0 Å². The van der Waals surface area contributed by atoms with Gasteiger partial charge in [-0.2, -0.15) is 11.6 Å². The third kappa shape index (κ3) is 17.5. The zero-order valence-corrected chi connectivity index (χ0v) is 51.3. The molecule has 1 aromatic heterocycles. The second-order valence-electron chi connectivity index (χ2n) is 16.1. The Labute approximate surface area is 500 Å². The second kappa shape index (κ2) is 31.4. The first-order valence-electron chi connectivity index (χ1n) is 22.8. The fraction of sp³-hybridized carbons (Fsp3) is 0.308. The summed E-state index contributed by atoms with van der Waals surface area (Å²) < 4.78 is 71.5. The molecule has 16 nitrogen and oxygen atoms in total. The van der Waals surface area contributed by atoms with Gasteiger partial charge in [0.25, 0.3) is 0 Å². The molecule has 22 heteroatoms. The molecule has 0 amide bonds. The quantitative estimate of drug-likeness (QED) is 0.0223. The zero-order valence-electron chi connectivity index (χ0n) is 43.5. The molecule has 2 aliphatic rings. The van der Waals surface area contributed by atoms with Crippen molar-refractivity contribution in [2.45, 2.75) is 27.7 Å². The molecule has 2 atom stereocenters. The molecule has 1 radical (unpaired) electrons. The van der Waals surface area contributed by atoms with Crippen LogP contribution in [0.2, 0.25) is 0 Å². The first-order chi connectivity index (χ1) is 34.2. The van der Waals surface area contributed by atoms with E-state index < -0.39 is 40.3 Å². The Morgan fingerprint density at radius 3 is 1.78 bits per heavy atom. The monoisotopic (exact) mass is 1070 g/mol. The van der Waals surface area contributed by atoms with Gasteiger partial charge in [-0.25, -0.2) is 0 Å². The van der Waals surface area contributed by atoms with E-state index >= 15 is 0 Å². The number of methoxy groups -OCH3 is 2. The van der Waals surface area contributed by atoms with Gasteiger partial charge in [-0.1, -0.05) is 54.6 Å². The Morgan fingerprint density at radius 1 is 0.757 bits per heavy atom. The Hall–Kier alpha value is -3.04. The molecule has 0 fully saturated rings. The van der Waals surface area contributed by atoms with Crippen molar-refractivity contribution in [3.8, 4) is 35.0 Å². The molecule has 373 valence electrons. The van der Waals surface area contributed by atoms with Crippen molar-refractivity contribution in [1.29, 1.82) is 0 Å². The van der Waals surface area contributed by atoms with Gasteiger partial charge >= 0.3 is 95.1 Å². The fourth-order valence-electron chi connectivity index (χ4n) is 8.01. The van der Waals surface area contributed by atoms with E-state index in [0.29, 0.717) is 37.9 Å². The third-order valence-electron chi connectivity index (χ3n) is 11.0. The summed E-state index contributed by atoms with van der Waals surface area (Å²) >= 11 is 0. The summed E-state index contributed by atoms with van der Waals surface area (Å²) in [5, 5.41) is 12.0. The van der Waals surface area contributed by atoms with E-state index in [0.717, 1.165) is 56.2 Å². The number of ether oxygens (including phenoxy) is 6. The Bertz CT molecular complexity index is 2900. The molecule has 6 rings (SSSR count). The number of hydrogen-bond donors (Lipinski definition) is 0. The number of fused-ring (bicyclic) bond motifs is 2. The van der Waals surface area contributed by atoms with Crippen LogP contribution in [0, 0.1) is 30.4 Å². The molecule has 3 aromatic carbocycles. The average molecular weight is 1070 g/mol. The number of aromatic carboxylic acids is 1. The topological polar surface area (TPSA) is 204 Å². The van der Waals surface area contributed by atoms with E-state index in [9.17, 15) is 28.8 Å². The Morgan fingerprint density at radius 2 is 1.28 bits per heavy atom. The molecule has 2 unspecified atom stereocenters. The van der Waals surface area contributed by atoms with E-state index in [2.05, 4.69) is 32.4 Å². The van der Waals surface area contributed by atoms with Gasteiger partial charge < -0.3 is 70.5 Å². The van der Waals surface area contributed by atoms with Gasteiger partial charge in [0, 0.05) is 36.2 Å². The Kier molecular flexibility index (Phi) is 27.7. The smallest absolute Gasteiger partial charge is 0.776 e. The standard InChI is InChI=1S/C52H59BN2O14P2.3Na/c1-7-68-70(58,59)37-66-47-23-13-41(14-24-47)11-21-45-35-39(3)50-49(43-17-19-44(20-18-43)52(56)57)51-40(4)36-46(22-12-42-15-25-48(26-16-42)67-38-71(60,61)69-8-2)55(51)53(54(45)50,27-9-29-64-33-31-62-5)28-10-30-65-34-32-63-6;;;/h11-26,35-36H,7-8,29-34,37-38H2,1-6H3,(H,56,57)(H,58,59)(H,60,61);;;/q4*+1/p-3/b21-11+,22-12+;;;. The van der Waals surface area contributed by atoms with Crippen LogP contribution in [0.5, 0.6) is 11.5 Å². The van der Waals surface area contributed by atoms with E-state index in [4.69, 9.17) is 37.5 Å². The minimum absolute atomic E-state index is 0. The van der Waals surface area contributed by atoms with E-state index in [1.165, 1.54) is 12.1 Å². The maximum atomic E-state index is 12.2. The van der Waals surface area contributed by atoms with Crippen molar-refractivity contribution in [1.82, 2.24) is 4.48 Å². The number of allylic oxidation sites excluding steroid dienone is 3. The summed E-state index contributed by atoms with van der Waals surface area (Å²) in [5.41, 5.74) is 7.91. The minimum Gasteiger partial charge on any atom is -0.776 e. The van der Waals surface area contributed by atoms with E-state index in [1.807, 2.05) is 50.3 Å². The maximum Gasteiger partial charge on any atom is 1.00 e. The normalized spacial score (nSPS) is 16.2. The minimum atomic E-state index is -4.16. The van der Waals surface area contributed by atoms with Gasteiger partial charge in [0.05, 0.1) is 38.0 Å². The predicted molar refractivity (Wildman–Crippen MR) is 267 cm³/mol. The van der Waals surface area contributed by atoms with Gasteiger partial charge in [-0.15, -0.1) is 16.6 Å². The predicted octanol–water partition coefficient (Wildman–Crippen LogP) is -3.20. The summed E-state index contributed by atoms with van der Waals surface area (Å²) in [4.78, 5) is 36.3. The summed E-state index contributed by atoms with van der Waals surface area (Å²) in [6, 6.07) is 22.5. The SMILES string of the molecule is CCOP(=O)([O-])COc1ccc(/C=C/C2=[N+]3C(=C(c4ccc(C(=O)[O-])cc4)c4c(C)cc(/C=C/c5ccc(OCP(=O)([O-])OCC)cc5)n4[B-]3(C#CCOCCOC)C#CCOCC[O+]C)C(C)=C2)cc1.[Na+].[Na+].[Na+]. The fourth-order valence-corrected chi connectivity index (χ4v) is 9.56. The molecule has 2 aliphatic heterocycles. The average Bonchev–Trinajstić information content (AvgIpc) is 3.87. The van der Waals surface area contributed by atoms with Crippen LogP contribution >= 0.6 is 15.2 Å². The van der Waals surface area contributed by atoms with Crippen molar-refractivity contribution in [2.75, 3.05) is 79.8 Å². The molecule has 0 bridgehead atoms. The van der Waals surface area contributed by atoms with Crippen LogP contribution in [0.1, 0.15) is 64.8 Å². The molecule has 74 heavy (non-hydrogen) atoms. The number of benzene rings is 3. The molecule has 0 aliphatic carbocycles. The van der Waals surface area contributed by atoms with E-state index in [1.54, 1.807) is 88.7 Å². The summed E-state index contributed by atoms with van der Waals surface area (Å²) in [5.74, 6) is 13.2. The van der Waals surface area contributed by atoms with Gasteiger partial charge in [0.15, 0.2) is 39.3 Å². The number of carbonyl (C=O) groups is 1. The third-order valence-corrected chi connectivity index (χ3v) is 13.2. The summed E-state index contributed by atoms with van der Waals surface area (Å²) in [7, 11) is -5.15. The molecule has 0 saturated heterocycles. The number of aryl methyl sites for hydroxylation is 1. The van der Waals surface area contributed by atoms with Gasteiger partial charge in [-0.3, -0.25) is 0 Å². The molecule has 4 aromatic rings. The van der Waals surface area contributed by atoms with Crippen LogP contribution in [0.15, 0.2) is 102 Å². The van der Waals surface area contributed by atoms with Crippen LogP contribution in [-0.4, -0.2) is 107 Å². The van der Waals surface area contributed by atoms with Crippen LogP contribution in [0.3, 0.4) is 0 Å². The van der Waals surface area contributed by atoms with Gasteiger partial charge in [0.2, 0.25) is 13.7 Å². The van der Waals surface area contributed by atoms with Crippen LogP contribution < -0.4 is 113 Å². The Balaban J connectivity index is 0.00000481. The van der Waals surface area contributed by atoms with E-state index in [-0.39, 0.29) is 121 Å². The van der Waals surface area contributed by atoms with Gasteiger partial charge in [0.1, 0.15) is 31.3 Å². The largest absolute Gasteiger partial charge is 1.00 e. The van der Waals surface area contributed by atoms with Crippen LogP contribution in [0.4, 0.5) is 0 Å². The second-order valence-corrected chi connectivity index (χ2v) is 19.6. The number of carboxylic acids is 1. The number of aromatic nitrogens is 1. The summed E-state index contributed by atoms with van der Waals surface area (Å²) in [6.07, 6.45) is 6.04. The molecular weight excluding hydrogens is 1020 g/mol. The van der Waals surface area contributed by atoms with Crippen molar-refractivity contribution < 1.29 is 159 Å². The number of hydrogen-bond acceptors (Lipinski definition) is 14. The molecule has 0 saturated carbocycles. The van der Waals surface area contributed by atoms with Crippen LogP contribution in [-0.2, 0) is 37.1 Å². The van der Waals surface area contributed by atoms with Crippen molar-refractivity contribution in [2.24, 2.45) is 0 Å². The zero-order chi connectivity index (χ0) is 51.0. The number of carbonyl (C=O) groups excluding carboxylic acids is 1. The number of nitrogens with zero attached hydrogens (tertiary/aromatic N) is 2. The van der Waals surface area contributed by atoms with Crippen LogP contribution in [0.25, 0.3) is 23.8 Å². The maximum absolute atomic E-state index is 12.2. The first kappa shape index (κ1) is 65.2. The molecular formula is C52H56BN2Na3O14P2+.